The minimum atomic E-state index is -0.399. The van der Waals surface area contributed by atoms with Gasteiger partial charge in [0.15, 0.2) is 0 Å². The quantitative estimate of drug-likeness (QED) is 0.675. The standard InChI is InChI=1S/C15H18N4O3/c1-2-22-12-6-4-3-5-11(12)19-15(21)9-14(20)18-10-13-16-7-8-17-13/h3-8H,2,9-10H2,1H3,(H,16,17)(H,18,20)(H,19,21). The molecule has 0 aliphatic carbocycles. The van der Waals surface area contributed by atoms with Gasteiger partial charge in [0.2, 0.25) is 11.8 Å². The minimum absolute atomic E-state index is 0.259. The van der Waals surface area contributed by atoms with Crippen molar-refractivity contribution in [2.75, 3.05) is 11.9 Å². The fraction of sp³-hybridized carbons (Fsp3) is 0.267. The van der Waals surface area contributed by atoms with Crippen molar-refractivity contribution >= 4 is 17.5 Å². The third-order valence-electron chi connectivity index (χ3n) is 2.79. The van der Waals surface area contributed by atoms with Crippen molar-refractivity contribution < 1.29 is 14.3 Å². The van der Waals surface area contributed by atoms with Crippen LogP contribution in [0.3, 0.4) is 0 Å². The number of para-hydroxylation sites is 2. The van der Waals surface area contributed by atoms with Crippen LogP contribution in [-0.2, 0) is 16.1 Å². The van der Waals surface area contributed by atoms with E-state index in [0.29, 0.717) is 23.9 Å². The van der Waals surface area contributed by atoms with Crippen molar-refractivity contribution in [3.63, 3.8) is 0 Å². The van der Waals surface area contributed by atoms with Crippen molar-refractivity contribution in [3.05, 3.63) is 42.5 Å². The number of H-pyrrole nitrogens is 1. The highest BCUT2D eigenvalue weighted by Crippen LogP contribution is 2.23. The van der Waals surface area contributed by atoms with Crippen molar-refractivity contribution in [2.24, 2.45) is 0 Å². The number of imidazole rings is 1. The topological polar surface area (TPSA) is 96.1 Å². The molecular weight excluding hydrogens is 284 g/mol. The maximum Gasteiger partial charge on any atom is 0.233 e. The average molecular weight is 302 g/mol. The number of aromatic amines is 1. The van der Waals surface area contributed by atoms with Gasteiger partial charge < -0.3 is 20.4 Å². The average Bonchev–Trinajstić information content (AvgIpc) is 3.01. The van der Waals surface area contributed by atoms with Gasteiger partial charge in [0.25, 0.3) is 0 Å². The molecule has 116 valence electrons. The predicted molar refractivity (Wildman–Crippen MR) is 81.3 cm³/mol. The number of benzene rings is 1. The fourth-order valence-electron chi connectivity index (χ4n) is 1.83. The number of anilines is 1. The second-order valence-electron chi connectivity index (χ2n) is 4.47. The summed E-state index contributed by atoms with van der Waals surface area (Å²) in [6.45, 7) is 2.62. The van der Waals surface area contributed by atoms with Crippen LogP contribution in [0.5, 0.6) is 5.75 Å². The molecule has 0 unspecified atom stereocenters. The molecule has 7 heteroatoms. The van der Waals surface area contributed by atoms with Crippen LogP contribution < -0.4 is 15.4 Å². The third kappa shape index (κ3) is 4.62. The normalized spacial score (nSPS) is 10.0. The summed E-state index contributed by atoms with van der Waals surface area (Å²) in [4.78, 5) is 30.4. The van der Waals surface area contributed by atoms with Crippen molar-refractivity contribution in [3.8, 4) is 5.75 Å². The van der Waals surface area contributed by atoms with Gasteiger partial charge in [-0.05, 0) is 19.1 Å². The number of hydrogen-bond donors (Lipinski definition) is 3. The van der Waals surface area contributed by atoms with Gasteiger partial charge in [-0.1, -0.05) is 12.1 Å². The zero-order valence-electron chi connectivity index (χ0n) is 12.3. The highest BCUT2D eigenvalue weighted by molar-refractivity contribution is 6.04. The predicted octanol–water partition coefficient (Wildman–Crippen LogP) is 1.45. The summed E-state index contributed by atoms with van der Waals surface area (Å²) in [6.07, 6.45) is 3.00. The summed E-state index contributed by atoms with van der Waals surface area (Å²) >= 11 is 0. The van der Waals surface area contributed by atoms with Crippen LogP contribution in [0.25, 0.3) is 0 Å². The van der Waals surface area contributed by atoms with Gasteiger partial charge in [-0.3, -0.25) is 9.59 Å². The largest absolute Gasteiger partial charge is 0.492 e. The maximum absolute atomic E-state index is 11.9. The van der Waals surface area contributed by atoms with E-state index >= 15 is 0 Å². The summed E-state index contributed by atoms with van der Waals surface area (Å²) in [5.74, 6) is 0.441. The Morgan fingerprint density at radius 1 is 1.27 bits per heavy atom. The number of hydrogen-bond acceptors (Lipinski definition) is 4. The zero-order chi connectivity index (χ0) is 15.8. The molecule has 0 aliphatic heterocycles. The Kier molecular flexibility index (Phi) is 5.53. The molecule has 22 heavy (non-hydrogen) atoms. The number of nitrogens with one attached hydrogen (secondary N) is 3. The van der Waals surface area contributed by atoms with E-state index in [1.807, 2.05) is 13.0 Å². The Bertz CT molecular complexity index is 625. The Labute approximate surface area is 128 Å². The summed E-state index contributed by atoms with van der Waals surface area (Å²) in [5, 5.41) is 5.29. The Morgan fingerprint density at radius 2 is 2.09 bits per heavy atom. The second-order valence-corrected chi connectivity index (χ2v) is 4.47. The highest BCUT2D eigenvalue weighted by atomic mass is 16.5. The van der Waals surface area contributed by atoms with Crippen LogP contribution in [0.2, 0.25) is 0 Å². The first-order chi connectivity index (χ1) is 10.7. The van der Waals surface area contributed by atoms with Crippen LogP contribution in [0.1, 0.15) is 19.2 Å². The molecule has 2 amide bonds. The van der Waals surface area contributed by atoms with Crippen LogP contribution in [-0.4, -0.2) is 28.4 Å². The first kappa shape index (κ1) is 15.6. The minimum Gasteiger partial charge on any atom is -0.492 e. The molecule has 1 heterocycles. The maximum atomic E-state index is 11.9. The fourth-order valence-corrected chi connectivity index (χ4v) is 1.83. The van der Waals surface area contributed by atoms with Gasteiger partial charge in [-0.2, -0.15) is 0 Å². The number of amides is 2. The molecule has 2 rings (SSSR count). The monoisotopic (exact) mass is 302 g/mol. The first-order valence-corrected chi connectivity index (χ1v) is 6.95. The number of aromatic nitrogens is 2. The molecule has 1 aromatic carbocycles. The van der Waals surface area contributed by atoms with Gasteiger partial charge in [0, 0.05) is 12.4 Å². The Balaban J connectivity index is 1.83. The summed E-state index contributed by atoms with van der Waals surface area (Å²) in [6, 6.07) is 7.09. The molecule has 0 fully saturated rings. The molecule has 2 aromatic rings. The lowest BCUT2D eigenvalue weighted by molar-refractivity contribution is -0.126. The van der Waals surface area contributed by atoms with Crippen LogP contribution in [0, 0.1) is 0 Å². The number of rotatable bonds is 7. The Morgan fingerprint density at radius 3 is 2.82 bits per heavy atom. The van der Waals surface area contributed by atoms with Crippen molar-refractivity contribution in [1.29, 1.82) is 0 Å². The van der Waals surface area contributed by atoms with E-state index in [1.165, 1.54) is 0 Å². The molecule has 0 saturated carbocycles. The van der Waals surface area contributed by atoms with Crippen LogP contribution >= 0.6 is 0 Å². The SMILES string of the molecule is CCOc1ccccc1NC(=O)CC(=O)NCc1ncc[nH]1. The van der Waals surface area contributed by atoms with E-state index in [-0.39, 0.29) is 18.9 Å². The number of nitrogens with zero attached hydrogens (tertiary/aromatic N) is 1. The first-order valence-electron chi connectivity index (χ1n) is 6.95. The highest BCUT2D eigenvalue weighted by Gasteiger charge is 2.12. The van der Waals surface area contributed by atoms with E-state index < -0.39 is 5.91 Å². The lowest BCUT2D eigenvalue weighted by atomic mass is 10.2. The van der Waals surface area contributed by atoms with Gasteiger partial charge >= 0.3 is 0 Å². The summed E-state index contributed by atoms with van der Waals surface area (Å²) in [5.41, 5.74) is 0.549. The van der Waals surface area contributed by atoms with Gasteiger partial charge in [0.05, 0.1) is 18.8 Å². The molecule has 1 aromatic heterocycles. The van der Waals surface area contributed by atoms with E-state index in [9.17, 15) is 9.59 Å². The van der Waals surface area contributed by atoms with Gasteiger partial charge in [-0.25, -0.2) is 4.98 Å². The Hall–Kier alpha value is -2.83. The van der Waals surface area contributed by atoms with E-state index in [2.05, 4.69) is 20.6 Å². The molecule has 0 saturated heterocycles. The smallest absolute Gasteiger partial charge is 0.233 e. The lowest BCUT2D eigenvalue weighted by Crippen LogP contribution is -2.28. The van der Waals surface area contributed by atoms with Gasteiger partial charge in [0.1, 0.15) is 18.0 Å². The molecular formula is C15H18N4O3. The van der Waals surface area contributed by atoms with Crippen LogP contribution in [0.4, 0.5) is 5.69 Å². The van der Waals surface area contributed by atoms with E-state index in [4.69, 9.17) is 4.74 Å². The number of carbonyl (C=O) groups excluding carboxylic acids is 2. The van der Waals surface area contributed by atoms with E-state index in [1.54, 1.807) is 30.6 Å². The summed E-state index contributed by atoms with van der Waals surface area (Å²) < 4.78 is 5.41. The zero-order valence-corrected chi connectivity index (χ0v) is 12.3. The summed E-state index contributed by atoms with van der Waals surface area (Å²) in [7, 11) is 0. The molecule has 0 bridgehead atoms. The number of ether oxygens (including phenoxy) is 1. The van der Waals surface area contributed by atoms with Crippen molar-refractivity contribution in [2.45, 2.75) is 19.9 Å². The van der Waals surface area contributed by atoms with Gasteiger partial charge in [-0.15, -0.1) is 0 Å². The molecule has 0 atom stereocenters. The molecule has 0 spiro atoms. The molecule has 0 radical (unpaired) electrons. The molecule has 3 N–H and O–H groups in total. The van der Waals surface area contributed by atoms with Crippen LogP contribution in [0.15, 0.2) is 36.7 Å². The number of carbonyl (C=O) groups is 2. The molecule has 0 aliphatic rings. The van der Waals surface area contributed by atoms with E-state index in [0.717, 1.165) is 0 Å². The second kappa shape index (κ2) is 7.82. The molecule has 7 nitrogen and oxygen atoms in total. The third-order valence-corrected chi connectivity index (χ3v) is 2.79. The van der Waals surface area contributed by atoms with Crippen molar-refractivity contribution in [1.82, 2.24) is 15.3 Å². The lowest BCUT2D eigenvalue weighted by Gasteiger charge is -2.11.